The van der Waals surface area contributed by atoms with Crippen LogP contribution in [-0.4, -0.2) is 98.7 Å². The van der Waals surface area contributed by atoms with Crippen LogP contribution in [0.25, 0.3) is 0 Å². The number of hydrogen-bond acceptors (Lipinski definition) is 9. The molecule has 394 valence electrons. The van der Waals surface area contributed by atoms with Crippen molar-refractivity contribution >= 4 is 5.91 Å². The molecule has 10 heteroatoms. The SMILES string of the molecule is CCCCCCCCCCCCCCCCCCCCCCCCCCCC(=O)N[C@@H](CO[C@@H]1O[C@H](CO)[C@H](O)C(O)C1O)[C@H](O)[C@H](O)CCCCCCCCCCCCCCCCCC. The Kier molecular flexibility index (Phi) is 44.5. The Morgan fingerprint density at radius 1 is 0.470 bits per heavy atom. The summed E-state index contributed by atoms with van der Waals surface area (Å²) in [4.78, 5) is 13.1. The van der Waals surface area contributed by atoms with Gasteiger partial charge in [-0.1, -0.05) is 271 Å². The van der Waals surface area contributed by atoms with Gasteiger partial charge in [-0.2, -0.15) is 0 Å². The summed E-state index contributed by atoms with van der Waals surface area (Å²) in [7, 11) is 0. The number of unbranched alkanes of at least 4 members (excludes halogenated alkanes) is 39. The van der Waals surface area contributed by atoms with Crippen molar-refractivity contribution in [2.24, 2.45) is 0 Å². The number of nitrogens with one attached hydrogen (secondary N) is 1. The molecule has 0 aromatic rings. The molecule has 2 unspecified atom stereocenters. The van der Waals surface area contributed by atoms with Gasteiger partial charge in [-0.15, -0.1) is 0 Å². The summed E-state index contributed by atoms with van der Waals surface area (Å²) >= 11 is 0. The van der Waals surface area contributed by atoms with Crippen LogP contribution in [0.1, 0.15) is 290 Å². The smallest absolute Gasteiger partial charge is 0.220 e. The normalized spacial score (nSPS) is 20.2. The molecular formula is C56H111NO9. The predicted octanol–water partition coefficient (Wildman–Crippen LogP) is 12.8. The lowest BCUT2D eigenvalue weighted by molar-refractivity contribution is -0.303. The highest BCUT2D eigenvalue weighted by Crippen LogP contribution is 2.24. The van der Waals surface area contributed by atoms with Crippen LogP contribution in [0.15, 0.2) is 0 Å². The minimum absolute atomic E-state index is 0.250. The third-order valence-electron chi connectivity index (χ3n) is 14.3. The first kappa shape index (κ1) is 63.2. The van der Waals surface area contributed by atoms with Crippen LogP contribution in [0.3, 0.4) is 0 Å². The molecule has 0 spiro atoms. The van der Waals surface area contributed by atoms with Crippen LogP contribution in [0.4, 0.5) is 0 Å². The summed E-state index contributed by atoms with van der Waals surface area (Å²) in [6.07, 6.45) is 44.1. The number of hydrogen-bond donors (Lipinski definition) is 7. The molecule has 8 atom stereocenters. The second-order valence-corrected chi connectivity index (χ2v) is 20.6. The van der Waals surface area contributed by atoms with E-state index in [4.69, 9.17) is 9.47 Å². The molecule has 1 rings (SSSR count). The molecule has 1 aliphatic heterocycles. The fourth-order valence-corrected chi connectivity index (χ4v) is 9.67. The van der Waals surface area contributed by atoms with Gasteiger partial charge in [-0.3, -0.25) is 4.79 Å². The van der Waals surface area contributed by atoms with Gasteiger partial charge in [0.25, 0.3) is 0 Å². The number of carbonyl (C=O) groups is 1. The zero-order chi connectivity index (χ0) is 48.1. The van der Waals surface area contributed by atoms with E-state index in [0.29, 0.717) is 6.42 Å². The van der Waals surface area contributed by atoms with Crippen molar-refractivity contribution in [1.82, 2.24) is 5.32 Å². The summed E-state index contributed by atoms with van der Waals surface area (Å²) in [5.74, 6) is -0.250. The minimum Gasteiger partial charge on any atom is -0.394 e. The summed E-state index contributed by atoms with van der Waals surface area (Å²) in [6, 6.07) is -0.986. The lowest BCUT2D eigenvalue weighted by atomic mass is 9.98. The molecule has 1 saturated heterocycles. The van der Waals surface area contributed by atoms with Gasteiger partial charge in [-0.25, -0.2) is 0 Å². The maximum Gasteiger partial charge on any atom is 0.220 e. The number of aliphatic hydroxyl groups is 6. The van der Waals surface area contributed by atoms with E-state index in [-0.39, 0.29) is 18.9 Å². The van der Waals surface area contributed by atoms with Crippen molar-refractivity contribution in [2.45, 2.75) is 339 Å². The van der Waals surface area contributed by atoms with Gasteiger partial charge in [0, 0.05) is 6.42 Å². The van der Waals surface area contributed by atoms with Crippen molar-refractivity contribution < 1.29 is 44.9 Å². The Hall–Kier alpha value is -0.850. The first-order chi connectivity index (χ1) is 32.3. The highest BCUT2D eigenvalue weighted by atomic mass is 16.7. The molecule has 1 fully saturated rings. The largest absolute Gasteiger partial charge is 0.394 e. The summed E-state index contributed by atoms with van der Waals surface area (Å²) in [5.41, 5.74) is 0. The lowest BCUT2D eigenvalue weighted by Gasteiger charge is -2.40. The molecule has 10 nitrogen and oxygen atoms in total. The van der Waals surface area contributed by atoms with Crippen molar-refractivity contribution in [1.29, 1.82) is 0 Å². The Morgan fingerprint density at radius 3 is 1.12 bits per heavy atom. The second kappa shape index (κ2) is 46.5. The van der Waals surface area contributed by atoms with E-state index in [0.717, 1.165) is 38.5 Å². The van der Waals surface area contributed by atoms with E-state index < -0.39 is 55.6 Å². The predicted molar refractivity (Wildman–Crippen MR) is 274 cm³/mol. The summed E-state index contributed by atoms with van der Waals surface area (Å²) in [6.45, 7) is 3.66. The fourth-order valence-electron chi connectivity index (χ4n) is 9.67. The third kappa shape index (κ3) is 35.3. The van der Waals surface area contributed by atoms with Crippen molar-refractivity contribution in [3.8, 4) is 0 Å². The number of carbonyl (C=O) groups excluding carboxylic acids is 1. The molecule has 1 aliphatic rings. The fraction of sp³-hybridized carbons (Fsp3) is 0.982. The standard InChI is InChI=1S/C56H111NO9/c1-3-5-7-9-11-13-15-17-19-21-22-23-24-25-26-27-28-29-31-33-35-37-39-41-43-45-51(60)57-48(47-65-56-55(64)54(63)53(62)50(46-58)66-56)52(61)49(59)44-42-40-38-36-34-32-30-20-18-16-14-12-10-8-6-4-2/h48-50,52-56,58-59,61-64H,3-47H2,1-2H3,(H,57,60)/t48-,49+,50+,52-,53-,54?,55?,56+/m0/s1. The zero-order valence-electron chi connectivity index (χ0n) is 43.3. The highest BCUT2D eigenvalue weighted by Gasteiger charge is 2.44. The van der Waals surface area contributed by atoms with Gasteiger partial charge in [0.1, 0.15) is 30.5 Å². The average molecular weight is 943 g/mol. The molecule has 0 saturated carbocycles. The van der Waals surface area contributed by atoms with Crippen molar-refractivity contribution in [3.63, 3.8) is 0 Å². The Labute approximate surface area is 407 Å². The Bertz CT molecular complexity index is 1020. The van der Waals surface area contributed by atoms with Crippen LogP contribution in [0.5, 0.6) is 0 Å². The molecule has 7 N–H and O–H groups in total. The van der Waals surface area contributed by atoms with E-state index in [9.17, 15) is 35.4 Å². The number of aliphatic hydroxyl groups excluding tert-OH is 6. The van der Waals surface area contributed by atoms with E-state index in [2.05, 4.69) is 19.2 Å². The van der Waals surface area contributed by atoms with Gasteiger partial charge < -0.3 is 45.4 Å². The van der Waals surface area contributed by atoms with Crippen LogP contribution < -0.4 is 5.32 Å². The first-order valence-electron chi connectivity index (χ1n) is 28.8. The molecule has 66 heavy (non-hydrogen) atoms. The van der Waals surface area contributed by atoms with Gasteiger partial charge in [0.05, 0.1) is 25.4 Å². The molecule has 0 bridgehead atoms. The van der Waals surface area contributed by atoms with Crippen molar-refractivity contribution in [3.05, 3.63) is 0 Å². The monoisotopic (exact) mass is 942 g/mol. The minimum atomic E-state index is -1.60. The average Bonchev–Trinajstić information content (AvgIpc) is 3.32. The van der Waals surface area contributed by atoms with Gasteiger partial charge >= 0.3 is 0 Å². The quantitative estimate of drug-likeness (QED) is 0.0294. The zero-order valence-corrected chi connectivity index (χ0v) is 43.3. The van der Waals surface area contributed by atoms with E-state index in [1.54, 1.807) is 0 Å². The lowest BCUT2D eigenvalue weighted by Crippen LogP contribution is -2.60. The van der Waals surface area contributed by atoms with Crippen molar-refractivity contribution in [2.75, 3.05) is 13.2 Å². The third-order valence-corrected chi connectivity index (χ3v) is 14.3. The molecule has 0 aromatic carbocycles. The van der Waals surface area contributed by atoms with Crippen LogP contribution >= 0.6 is 0 Å². The van der Waals surface area contributed by atoms with E-state index >= 15 is 0 Å². The van der Waals surface area contributed by atoms with Gasteiger partial charge in [0.2, 0.25) is 5.91 Å². The molecule has 1 amide bonds. The molecule has 0 radical (unpaired) electrons. The maximum absolute atomic E-state index is 13.1. The first-order valence-corrected chi connectivity index (χ1v) is 28.8. The Balaban J connectivity index is 2.23. The second-order valence-electron chi connectivity index (χ2n) is 20.6. The molecule has 0 aromatic heterocycles. The maximum atomic E-state index is 13.1. The number of amides is 1. The molecule has 0 aliphatic carbocycles. The summed E-state index contributed by atoms with van der Waals surface area (Å²) < 4.78 is 11.2. The van der Waals surface area contributed by atoms with Crippen LogP contribution in [0.2, 0.25) is 0 Å². The molecule has 1 heterocycles. The highest BCUT2D eigenvalue weighted by molar-refractivity contribution is 5.76. The van der Waals surface area contributed by atoms with Crippen LogP contribution in [-0.2, 0) is 14.3 Å². The van der Waals surface area contributed by atoms with E-state index in [1.165, 1.54) is 225 Å². The summed E-state index contributed by atoms with van der Waals surface area (Å²) in [5, 5.41) is 65.5. The number of rotatable bonds is 50. The van der Waals surface area contributed by atoms with Crippen LogP contribution in [0, 0.1) is 0 Å². The topological polar surface area (TPSA) is 169 Å². The van der Waals surface area contributed by atoms with Gasteiger partial charge in [-0.05, 0) is 12.8 Å². The number of ether oxygens (including phenoxy) is 2. The molecular weight excluding hydrogens is 831 g/mol. The Morgan fingerprint density at radius 2 is 0.788 bits per heavy atom. The van der Waals surface area contributed by atoms with E-state index in [1.807, 2.05) is 0 Å². The van der Waals surface area contributed by atoms with Gasteiger partial charge in [0.15, 0.2) is 6.29 Å².